The molecule has 1 aliphatic rings. The molecule has 1 saturated heterocycles. The van der Waals surface area contributed by atoms with Gasteiger partial charge in [0.25, 0.3) is 11.7 Å². The van der Waals surface area contributed by atoms with Crippen molar-refractivity contribution in [2.24, 2.45) is 0 Å². The average molecular weight is 282 g/mol. The number of carbonyl (C=O) groups is 1. The summed E-state index contributed by atoms with van der Waals surface area (Å²) < 4.78 is 5.10. The predicted octanol–water partition coefficient (Wildman–Crippen LogP) is 0.775. The molecule has 1 amide bonds. The molecule has 2 rings (SSSR count). The molecule has 3 N–H and O–H groups in total. The van der Waals surface area contributed by atoms with Crippen molar-refractivity contribution in [2.45, 2.75) is 51.2 Å². The van der Waals surface area contributed by atoms with E-state index in [1.165, 1.54) is 0 Å². The fourth-order valence-electron chi connectivity index (χ4n) is 2.34. The number of hydrogen-bond donors (Lipinski definition) is 3. The summed E-state index contributed by atoms with van der Waals surface area (Å²) in [4.78, 5) is 16.0. The lowest BCUT2D eigenvalue weighted by Gasteiger charge is -2.22. The first-order chi connectivity index (χ1) is 9.52. The van der Waals surface area contributed by atoms with Gasteiger partial charge in [-0.1, -0.05) is 18.5 Å². The third-order valence-corrected chi connectivity index (χ3v) is 3.42. The second-order valence-corrected chi connectivity index (χ2v) is 5.53. The molecule has 2 heterocycles. The van der Waals surface area contributed by atoms with Crippen LogP contribution in [0.5, 0.6) is 0 Å². The number of aliphatic hydroxyl groups is 1. The van der Waals surface area contributed by atoms with Crippen LogP contribution in [0.4, 0.5) is 0 Å². The Bertz CT molecular complexity index is 452. The topological polar surface area (TPSA) is 100 Å². The number of nitrogens with zero attached hydrogens (tertiary/aromatic N) is 2. The van der Waals surface area contributed by atoms with Crippen molar-refractivity contribution in [1.29, 1.82) is 0 Å². The van der Waals surface area contributed by atoms with E-state index in [1.54, 1.807) is 6.92 Å². The van der Waals surface area contributed by atoms with Crippen LogP contribution < -0.4 is 10.6 Å². The molecular formula is C13H22N4O3. The Labute approximate surface area is 118 Å². The summed E-state index contributed by atoms with van der Waals surface area (Å²) in [6.07, 6.45) is 3.47. The quantitative estimate of drug-likeness (QED) is 0.712. The van der Waals surface area contributed by atoms with E-state index in [4.69, 9.17) is 4.52 Å². The van der Waals surface area contributed by atoms with E-state index in [9.17, 15) is 9.90 Å². The summed E-state index contributed by atoms with van der Waals surface area (Å²) in [6.45, 7) is 4.77. The highest BCUT2D eigenvalue weighted by molar-refractivity contribution is 5.90. The van der Waals surface area contributed by atoms with Crippen LogP contribution in [0.25, 0.3) is 0 Å². The molecule has 0 radical (unpaired) electrons. The summed E-state index contributed by atoms with van der Waals surface area (Å²) in [7, 11) is 0. The van der Waals surface area contributed by atoms with Crippen LogP contribution >= 0.6 is 0 Å². The van der Waals surface area contributed by atoms with Gasteiger partial charge in [-0.2, -0.15) is 4.98 Å². The van der Waals surface area contributed by atoms with Crippen LogP contribution in [-0.2, 0) is 0 Å². The Morgan fingerprint density at radius 1 is 1.65 bits per heavy atom. The van der Waals surface area contributed by atoms with Crippen molar-refractivity contribution in [3.05, 3.63) is 11.7 Å². The fraction of sp³-hybridized carbons (Fsp3) is 0.769. The van der Waals surface area contributed by atoms with Crippen LogP contribution in [0.15, 0.2) is 4.52 Å². The number of hydrogen-bond acceptors (Lipinski definition) is 6. The van der Waals surface area contributed by atoms with Crippen molar-refractivity contribution in [2.75, 3.05) is 13.1 Å². The molecule has 7 nitrogen and oxygen atoms in total. The molecule has 1 aromatic heterocycles. The lowest BCUT2D eigenvalue weighted by molar-refractivity contribution is 0.0466. The Balaban J connectivity index is 1.89. The predicted molar refractivity (Wildman–Crippen MR) is 72.1 cm³/mol. The minimum atomic E-state index is -0.913. The van der Waals surface area contributed by atoms with Gasteiger partial charge in [0.05, 0.1) is 11.6 Å². The fourth-order valence-corrected chi connectivity index (χ4v) is 2.34. The number of amides is 1. The minimum absolute atomic E-state index is 0.0148. The smallest absolute Gasteiger partial charge is 0.292 e. The molecule has 0 saturated carbocycles. The van der Waals surface area contributed by atoms with Crippen molar-refractivity contribution in [3.63, 3.8) is 0 Å². The average Bonchev–Trinajstić information content (AvgIpc) is 3.06. The van der Waals surface area contributed by atoms with E-state index in [0.717, 1.165) is 25.8 Å². The van der Waals surface area contributed by atoms with Crippen LogP contribution in [0.1, 0.15) is 62.1 Å². The van der Waals surface area contributed by atoms with E-state index in [0.29, 0.717) is 12.3 Å². The molecule has 0 spiro atoms. The van der Waals surface area contributed by atoms with Gasteiger partial charge in [0, 0.05) is 6.54 Å². The molecule has 112 valence electrons. The zero-order chi connectivity index (χ0) is 14.6. The van der Waals surface area contributed by atoms with Gasteiger partial charge in [0.15, 0.2) is 0 Å². The van der Waals surface area contributed by atoms with Crippen molar-refractivity contribution < 1.29 is 14.4 Å². The Hall–Kier alpha value is -1.47. The maximum Gasteiger partial charge on any atom is 0.292 e. The maximum atomic E-state index is 11.9. The molecule has 0 aromatic carbocycles. The Morgan fingerprint density at radius 3 is 3.10 bits per heavy atom. The highest BCUT2D eigenvalue weighted by Crippen LogP contribution is 2.21. The van der Waals surface area contributed by atoms with E-state index in [1.807, 2.05) is 6.92 Å². The molecule has 2 unspecified atom stereocenters. The van der Waals surface area contributed by atoms with Gasteiger partial charge in [0.1, 0.15) is 0 Å². The van der Waals surface area contributed by atoms with Crippen molar-refractivity contribution in [3.8, 4) is 0 Å². The lowest BCUT2D eigenvalue weighted by Crippen LogP contribution is -2.40. The zero-order valence-electron chi connectivity index (χ0n) is 12.0. The van der Waals surface area contributed by atoms with Gasteiger partial charge in [-0.05, 0) is 32.7 Å². The summed E-state index contributed by atoms with van der Waals surface area (Å²) in [5.41, 5.74) is -0.913. The Morgan fingerprint density at radius 2 is 2.45 bits per heavy atom. The first-order valence-electron chi connectivity index (χ1n) is 7.09. The third-order valence-electron chi connectivity index (χ3n) is 3.42. The maximum absolute atomic E-state index is 11.9. The number of nitrogens with one attached hydrogen (secondary N) is 2. The van der Waals surface area contributed by atoms with Crippen LogP contribution in [-0.4, -0.2) is 39.8 Å². The van der Waals surface area contributed by atoms with Crippen molar-refractivity contribution >= 4 is 5.91 Å². The number of carbonyl (C=O) groups excluding carboxylic acids is 1. The number of rotatable bonds is 6. The Kier molecular flexibility index (Phi) is 4.72. The minimum Gasteiger partial charge on any atom is -0.388 e. The van der Waals surface area contributed by atoms with Crippen LogP contribution in [0, 0.1) is 0 Å². The first-order valence-corrected chi connectivity index (χ1v) is 7.09. The zero-order valence-corrected chi connectivity index (χ0v) is 12.0. The van der Waals surface area contributed by atoms with Gasteiger partial charge in [0.2, 0.25) is 5.89 Å². The van der Waals surface area contributed by atoms with Crippen LogP contribution in [0.2, 0.25) is 0 Å². The summed E-state index contributed by atoms with van der Waals surface area (Å²) in [5, 5.41) is 19.6. The standard InChI is InChI=1S/C13H22N4O3/c1-3-6-13(2,19)8-15-11(18)10-16-12(20-17-10)9-5-4-7-14-9/h9,14,19H,3-8H2,1-2H3,(H,15,18). The van der Waals surface area contributed by atoms with E-state index in [2.05, 4.69) is 20.8 Å². The van der Waals surface area contributed by atoms with E-state index in [-0.39, 0.29) is 18.4 Å². The molecule has 7 heteroatoms. The van der Waals surface area contributed by atoms with Gasteiger partial charge in [-0.25, -0.2) is 0 Å². The first kappa shape index (κ1) is 14.9. The second-order valence-electron chi connectivity index (χ2n) is 5.53. The molecule has 1 fully saturated rings. The summed E-state index contributed by atoms with van der Waals surface area (Å²) >= 11 is 0. The highest BCUT2D eigenvalue weighted by atomic mass is 16.5. The molecule has 2 atom stereocenters. The SMILES string of the molecule is CCCC(C)(O)CNC(=O)c1noc(C2CCCN2)n1. The lowest BCUT2D eigenvalue weighted by atomic mass is 10.0. The summed E-state index contributed by atoms with van der Waals surface area (Å²) in [5.74, 6) is 0.0448. The summed E-state index contributed by atoms with van der Waals surface area (Å²) in [6, 6.07) is 0.0484. The normalized spacial score (nSPS) is 21.6. The molecule has 1 aliphatic heterocycles. The molecule has 0 aliphatic carbocycles. The van der Waals surface area contributed by atoms with Gasteiger partial charge in [-0.3, -0.25) is 4.79 Å². The molecule has 20 heavy (non-hydrogen) atoms. The highest BCUT2D eigenvalue weighted by Gasteiger charge is 2.25. The largest absolute Gasteiger partial charge is 0.388 e. The molecule has 0 bridgehead atoms. The van der Waals surface area contributed by atoms with Crippen molar-refractivity contribution in [1.82, 2.24) is 20.8 Å². The van der Waals surface area contributed by atoms with Gasteiger partial charge >= 0.3 is 0 Å². The third kappa shape index (κ3) is 3.77. The van der Waals surface area contributed by atoms with Crippen LogP contribution in [0.3, 0.4) is 0 Å². The van der Waals surface area contributed by atoms with E-state index < -0.39 is 11.5 Å². The van der Waals surface area contributed by atoms with Gasteiger partial charge in [-0.15, -0.1) is 0 Å². The van der Waals surface area contributed by atoms with Gasteiger partial charge < -0.3 is 20.3 Å². The van der Waals surface area contributed by atoms with E-state index >= 15 is 0 Å². The number of aromatic nitrogens is 2. The second kappa shape index (κ2) is 6.32. The molecule has 1 aromatic rings. The molecular weight excluding hydrogens is 260 g/mol. The monoisotopic (exact) mass is 282 g/mol.